The highest BCUT2D eigenvalue weighted by Gasteiger charge is 2.34. The highest BCUT2D eigenvalue weighted by molar-refractivity contribution is 5.69. The predicted octanol–water partition coefficient (Wildman–Crippen LogP) is 1.60. The minimum absolute atomic E-state index is 0.286. The van der Waals surface area contributed by atoms with Gasteiger partial charge in [-0.05, 0) is 0 Å². The number of amides is 1. The van der Waals surface area contributed by atoms with E-state index in [9.17, 15) is 18.0 Å². The van der Waals surface area contributed by atoms with Gasteiger partial charge in [0.1, 0.15) is 0 Å². The molecule has 6 nitrogen and oxygen atoms in total. The Kier molecular flexibility index (Phi) is 3.94. The van der Waals surface area contributed by atoms with Gasteiger partial charge in [-0.1, -0.05) is 0 Å². The minimum atomic E-state index is -4.65. The molecule has 0 spiro atoms. The van der Waals surface area contributed by atoms with Crippen molar-refractivity contribution in [2.45, 2.75) is 6.18 Å². The first-order valence-electron chi connectivity index (χ1n) is 4.77. The lowest BCUT2D eigenvalue weighted by atomic mass is 10.4. The van der Waals surface area contributed by atoms with Crippen molar-refractivity contribution < 1.29 is 22.7 Å². The molecule has 18 heavy (non-hydrogen) atoms. The molecule has 1 N–H and O–H groups in total. The molecule has 0 aliphatic rings. The Morgan fingerprint density at radius 3 is 2.44 bits per heavy atom. The minimum Gasteiger partial charge on any atom is -0.391 e. The van der Waals surface area contributed by atoms with Crippen LogP contribution >= 0.6 is 0 Å². The standard InChI is InChI=1S/C9H11F3N4O2/c1-13-7-14-5(9(10,11)12)4-6(15-7)18-8(17)16(2)3/h4H,1-3H3,(H,13,14,15). The molecule has 0 atom stereocenters. The fourth-order valence-electron chi connectivity index (χ4n) is 0.915. The molecule has 0 unspecified atom stereocenters. The van der Waals surface area contributed by atoms with E-state index in [4.69, 9.17) is 0 Å². The van der Waals surface area contributed by atoms with Crippen LogP contribution in [0.15, 0.2) is 6.07 Å². The van der Waals surface area contributed by atoms with Crippen LogP contribution in [0.2, 0.25) is 0 Å². The van der Waals surface area contributed by atoms with Gasteiger partial charge in [-0.3, -0.25) is 0 Å². The zero-order chi connectivity index (χ0) is 13.9. The van der Waals surface area contributed by atoms with Crippen molar-refractivity contribution in [3.05, 3.63) is 11.8 Å². The molecule has 1 aromatic heterocycles. The number of anilines is 1. The van der Waals surface area contributed by atoms with Crippen molar-refractivity contribution in [3.63, 3.8) is 0 Å². The van der Waals surface area contributed by atoms with Crippen molar-refractivity contribution in [1.82, 2.24) is 14.9 Å². The van der Waals surface area contributed by atoms with Crippen LogP contribution in [0.1, 0.15) is 5.69 Å². The number of carbonyl (C=O) groups is 1. The quantitative estimate of drug-likeness (QED) is 0.878. The van der Waals surface area contributed by atoms with Crippen molar-refractivity contribution >= 4 is 12.0 Å². The van der Waals surface area contributed by atoms with Crippen molar-refractivity contribution in [3.8, 4) is 5.88 Å². The topological polar surface area (TPSA) is 67.4 Å². The van der Waals surface area contributed by atoms with E-state index in [1.807, 2.05) is 0 Å². The summed E-state index contributed by atoms with van der Waals surface area (Å²) in [4.78, 5) is 19.1. The van der Waals surface area contributed by atoms with Crippen LogP contribution in [0.3, 0.4) is 0 Å². The van der Waals surface area contributed by atoms with E-state index in [0.29, 0.717) is 6.07 Å². The first-order chi connectivity index (χ1) is 8.24. The molecule has 0 bridgehead atoms. The van der Waals surface area contributed by atoms with Crippen molar-refractivity contribution in [1.29, 1.82) is 0 Å². The molecule has 1 rings (SSSR count). The monoisotopic (exact) mass is 264 g/mol. The summed E-state index contributed by atoms with van der Waals surface area (Å²) in [7, 11) is 4.15. The van der Waals surface area contributed by atoms with Gasteiger partial charge in [0, 0.05) is 27.2 Å². The number of hydrogen-bond acceptors (Lipinski definition) is 5. The number of nitrogens with one attached hydrogen (secondary N) is 1. The maximum Gasteiger partial charge on any atom is 0.433 e. The van der Waals surface area contributed by atoms with Crippen LogP contribution in [0.25, 0.3) is 0 Å². The van der Waals surface area contributed by atoms with Crippen LogP contribution in [0, 0.1) is 0 Å². The molecule has 0 fully saturated rings. The van der Waals surface area contributed by atoms with E-state index >= 15 is 0 Å². The molecule has 0 aliphatic carbocycles. The zero-order valence-electron chi connectivity index (χ0n) is 9.87. The third kappa shape index (κ3) is 3.47. The fourth-order valence-corrected chi connectivity index (χ4v) is 0.915. The number of halogens is 3. The maximum absolute atomic E-state index is 12.5. The SMILES string of the molecule is CNc1nc(OC(=O)N(C)C)cc(C(F)(F)F)n1. The number of ether oxygens (including phenoxy) is 1. The summed E-state index contributed by atoms with van der Waals surface area (Å²) in [5, 5.41) is 2.36. The first-order valence-corrected chi connectivity index (χ1v) is 4.77. The van der Waals surface area contributed by atoms with E-state index in [2.05, 4.69) is 20.0 Å². The van der Waals surface area contributed by atoms with Gasteiger partial charge in [0.25, 0.3) is 0 Å². The van der Waals surface area contributed by atoms with Crippen LogP contribution in [-0.4, -0.2) is 42.1 Å². The number of rotatable bonds is 2. The summed E-state index contributed by atoms with van der Waals surface area (Å²) >= 11 is 0. The third-order valence-corrected chi connectivity index (χ3v) is 1.77. The second kappa shape index (κ2) is 5.07. The Labute approximate surface area is 101 Å². The lowest BCUT2D eigenvalue weighted by molar-refractivity contribution is -0.141. The molecule has 1 amide bonds. The number of aromatic nitrogens is 2. The van der Waals surface area contributed by atoms with Gasteiger partial charge in [0.2, 0.25) is 11.8 Å². The Morgan fingerprint density at radius 1 is 1.39 bits per heavy atom. The molecule has 1 heterocycles. The average Bonchev–Trinajstić information content (AvgIpc) is 2.27. The molecule has 9 heteroatoms. The fraction of sp³-hybridized carbons (Fsp3) is 0.444. The van der Waals surface area contributed by atoms with Gasteiger partial charge in [-0.25, -0.2) is 9.78 Å². The second-order valence-electron chi connectivity index (χ2n) is 3.43. The van der Waals surface area contributed by atoms with Crippen molar-refractivity contribution in [2.24, 2.45) is 0 Å². The molecule has 100 valence electrons. The number of alkyl halides is 3. The third-order valence-electron chi connectivity index (χ3n) is 1.77. The molecule has 1 aromatic rings. The number of nitrogens with zero attached hydrogens (tertiary/aromatic N) is 3. The van der Waals surface area contributed by atoms with Gasteiger partial charge in [0.15, 0.2) is 5.69 Å². The number of carbonyl (C=O) groups excluding carboxylic acids is 1. The highest BCUT2D eigenvalue weighted by atomic mass is 19.4. The Morgan fingerprint density at radius 2 is 2.00 bits per heavy atom. The summed E-state index contributed by atoms with van der Waals surface area (Å²) in [6.07, 6.45) is -5.47. The van der Waals surface area contributed by atoms with Crippen molar-refractivity contribution in [2.75, 3.05) is 26.5 Å². The summed E-state index contributed by atoms with van der Waals surface area (Å²) in [6, 6.07) is 0.558. The highest BCUT2D eigenvalue weighted by Crippen LogP contribution is 2.30. The zero-order valence-corrected chi connectivity index (χ0v) is 9.87. The maximum atomic E-state index is 12.5. The molecular formula is C9H11F3N4O2. The lowest BCUT2D eigenvalue weighted by Gasteiger charge is -2.12. The Hall–Kier alpha value is -2.06. The van der Waals surface area contributed by atoms with E-state index in [0.717, 1.165) is 4.90 Å². The molecule has 0 saturated carbocycles. The van der Waals surface area contributed by atoms with Gasteiger partial charge >= 0.3 is 12.3 Å². The first kappa shape index (κ1) is 14.0. The van der Waals surface area contributed by atoms with Gasteiger partial charge in [-0.2, -0.15) is 18.2 Å². The Bertz CT molecular complexity index is 448. The van der Waals surface area contributed by atoms with Gasteiger partial charge in [-0.15, -0.1) is 0 Å². The second-order valence-corrected chi connectivity index (χ2v) is 3.43. The van der Waals surface area contributed by atoms with Crippen LogP contribution in [-0.2, 0) is 6.18 Å². The van der Waals surface area contributed by atoms with Crippen LogP contribution in [0.5, 0.6) is 5.88 Å². The molecule has 0 radical (unpaired) electrons. The van der Waals surface area contributed by atoms with Crippen LogP contribution < -0.4 is 10.1 Å². The van der Waals surface area contributed by atoms with E-state index in [1.165, 1.54) is 21.1 Å². The smallest absolute Gasteiger partial charge is 0.391 e. The van der Waals surface area contributed by atoms with E-state index in [-0.39, 0.29) is 5.95 Å². The van der Waals surface area contributed by atoms with E-state index < -0.39 is 23.8 Å². The molecular weight excluding hydrogens is 253 g/mol. The molecule has 0 aliphatic heterocycles. The predicted molar refractivity (Wildman–Crippen MR) is 56.3 cm³/mol. The van der Waals surface area contributed by atoms with Gasteiger partial charge < -0.3 is 15.0 Å². The largest absolute Gasteiger partial charge is 0.433 e. The molecule has 0 saturated heterocycles. The normalized spacial score (nSPS) is 11.0. The number of hydrogen-bond donors (Lipinski definition) is 1. The summed E-state index contributed by atoms with van der Waals surface area (Å²) in [5.74, 6) is -0.758. The van der Waals surface area contributed by atoms with Crippen LogP contribution in [0.4, 0.5) is 23.9 Å². The molecule has 0 aromatic carbocycles. The van der Waals surface area contributed by atoms with E-state index in [1.54, 1.807) is 0 Å². The Balaban J connectivity index is 3.09. The summed E-state index contributed by atoms with van der Waals surface area (Å²) in [6.45, 7) is 0. The van der Waals surface area contributed by atoms with Gasteiger partial charge in [0.05, 0.1) is 0 Å². The summed E-state index contributed by atoms with van der Waals surface area (Å²) < 4.78 is 42.2. The lowest BCUT2D eigenvalue weighted by Crippen LogP contribution is -2.26. The average molecular weight is 264 g/mol. The summed E-state index contributed by atoms with van der Waals surface area (Å²) in [5.41, 5.74) is -1.19.